The molecule has 25 heavy (non-hydrogen) atoms. The van der Waals surface area contributed by atoms with Gasteiger partial charge in [0.2, 0.25) is 0 Å². The van der Waals surface area contributed by atoms with Crippen molar-refractivity contribution < 1.29 is 14.3 Å². The van der Waals surface area contributed by atoms with E-state index in [1.54, 1.807) is 6.07 Å². The molecule has 0 unspecified atom stereocenters. The van der Waals surface area contributed by atoms with E-state index in [0.717, 1.165) is 24.8 Å². The van der Waals surface area contributed by atoms with Crippen molar-refractivity contribution in [3.63, 3.8) is 0 Å². The van der Waals surface area contributed by atoms with Crippen molar-refractivity contribution in [1.82, 2.24) is 9.88 Å². The van der Waals surface area contributed by atoms with Crippen molar-refractivity contribution in [2.24, 2.45) is 11.8 Å². The summed E-state index contributed by atoms with van der Waals surface area (Å²) in [6.07, 6.45) is 4.56. The Balaban J connectivity index is 1.40. The average molecular weight is 364 g/mol. The number of anilines is 1. The zero-order valence-corrected chi connectivity index (χ0v) is 14.7. The molecule has 1 aromatic carbocycles. The summed E-state index contributed by atoms with van der Waals surface area (Å²) in [5.41, 5.74) is 1.50. The van der Waals surface area contributed by atoms with E-state index in [1.807, 2.05) is 12.1 Å². The number of nitrogens with zero attached hydrogens (tertiary/aromatic N) is 2. The van der Waals surface area contributed by atoms with Gasteiger partial charge >= 0.3 is 6.09 Å². The van der Waals surface area contributed by atoms with E-state index in [4.69, 9.17) is 21.1 Å². The van der Waals surface area contributed by atoms with Crippen LogP contribution in [0.4, 0.5) is 10.8 Å². The smallest absolute Gasteiger partial charge is 0.407 e. The summed E-state index contributed by atoms with van der Waals surface area (Å²) in [6, 6.07) is 6.34. The van der Waals surface area contributed by atoms with Gasteiger partial charge in [0.25, 0.3) is 6.01 Å². The number of fused-ring (bicyclic) bond motifs is 1. The third-order valence-corrected chi connectivity index (χ3v) is 5.56. The van der Waals surface area contributed by atoms with E-state index < -0.39 is 6.09 Å². The normalized spacial score (nSPS) is 20.0. The monoisotopic (exact) mass is 363 g/mol. The summed E-state index contributed by atoms with van der Waals surface area (Å²) in [5, 5.41) is 13.2. The number of hydrogen-bond acceptors (Lipinski definition) is 4. The Hall–Kier alpha value is -1.95. The van der Waals surface area contributed by atoms with Crippen molar-refractivity contribution in [2.45, 2.75) is 38.1 Å². The molecule has 2 aromatic rings. The van der Waals surface area contributed by atoms with Crippen molar-refractivity contribution in [1.29, 1.82) is 0 Å². The first kappa shape index (κ1) is 16.5. The molecule has 1 amide bonds. The largest absolute Gasteiger partial charge is 0.465 e. The summed E-state index contributed by atoms with van der Waals surface area (Å²) < 4.78 is 5.80. The van der Waals surface area contributed by atoms with Gasteiger partial charge in [0, 0.05) is 30.2 Å². The third-order valence-electron chi connectivity index (χ3n) is 5.32. The number of hydrogen-bond donors (Lipinski definition) is 2. The van der Waals surface area contributed by atoms with E-state index in [1.165, 1.54) is 17.7 Å². The predicted molar refractivity (Wildman–Crippen MR) is 96.1 cm³/mol. The van der Waals surface area contributed by atoms with E-state index in [9.17, 15) is 4.79 Å². The lowest BCUT2D eigenvalue weighted by Crippen LogP contribution is -2.39. The molecule has 1 aromatic heterocycles. The highest BCUT2D eigenvalue weighted by atomic mass is 35.5. The second-order valence-electron chi connectivity index (χ2n) is 7.17. The van der Waals surface area contributed by atoms with Crippen molar-refractivity contribution in [3.8, 4) is 0 Å². The van der Waals surface area contributed by atoms with Crippen LogP contribution in [0.25, 0.3) is 11.1 Å². The number of benzene rings is 1. The molecule has 1 aliphatic carbocycles. The number of rotatable bonds is 5. The zero-order valence-electron chi connectivity index (χ0n) is 13.9. The number of halogens is 1. The maximum Gasteiger partial charge on any atom is 0.407 e. The van der Waals surface area contributed by atoms with E-state index in [2.05, 4.69) is 10.3 Å². The fraction of sp³-hybridized carbons (Fsp3) is 0.556. The van der Waals surface area contributed by atoms with Gasteiger partial charge in [-0.2, -0.15) is 4.98 Å². The van der Waals surface area contributed by atoms with Crippen LogP contribution in [0.2, 0.25) is 5.02 Å². The van der Waals surface area contributed by atoms with Gasteiger partial charge in [-0.05, 0) is 56.1 Å². The molecule has 4 rings (SSSR count). The number of carbonyl (C=O) groups is 1. The van der Waals surface area contributed by atoms with Gasteiger partial charge < -0.3 is 19.7 Å². The first-order chi connectivity index (χ1) is 12.1. The van der Waals surface area contributed by atoms with Crippen LogP contribution in [0, 0.1) is 11.8 Å². The molecule has 2 fully saturated rings. The van der Waals surface area contributed by atoms with E-state index >= 15 is 0 Å². The van der Waals surface area contributed by atoms with E-state index in [-0.39, 0.29) is 0 Å². The van der Waals surface area contributed by atoms with Crippen LogP contribution < -0.4 is 5.32 Å². The van der Waals surface area contributed by atoms with Gasteiger partial charge in [-0.25, -0.2) is 4.79 Å². The molecular weight excluding hydrogens is 342 g/mol. The Labute approximate surface area is 151 Å². The van der Waals surface area contributed by atoms with Gasteiger partial charge in [-0.1, -0.05) is 11.6 Å². The summed E-state index contributed by atoms with van der Waals surface area (Å²) in [4.78, 5) is 17.1. The maximum absolute atomic E-state index is 11.0. The Morgan fingerprint density at radius 2 is 2.12 bits per heavy atom. The number of nitrogens with one attached hydrogen (secondary N) is 1. The van der Waals surface area contributed by atoms with Crippen LogP contribution in [-0.4, -0.2) is 40.2 Å². The van der Waals surface area contributed by atoms with Crippen LogP contribution in [0.5, 0.6) is 0 Å². The summed E-state index contributed by atoms with van der Waals surface area (Å²) in [5.74, 6) is 1.21. The van der Waals surface area contributed by atoms with Crippen LogP contribution in [0.1, 0.15) is 32.1 Å². The molecular formula is C18H22ClN3O3. The zero-order chi connectivity index (χ0) is 17.4. The Morgan fingerprint density at radius 1 is 1.36 bits per heavy atom. The molecule has 2 N–H and O–H groups in total. The molecule has 1 saturated carbocycles. The minimum absolute atomic E-state index is 0.338. The quantitative estimate of drug-likeness (QED) is 0.820. The Morgan fingerprint density at radius 3 is 2.80 bits per heavy atom. The fourth-order valence-electron chi connectivity index (χ4n) is 3.71. The molecule has 134 valence electrons. The minimum Gasteiger partial charge on any atom is -0.465 e. The number of carboxylic acid groups (broad SMARTS) is 1. The highest BCUT2D eigenvalue weighted by molar-refractivity contribution is 6.31. The van der Waals surface area contributed by atoms with Crippen LogP contribution in [-0.2, 0) is 0 Å². The van der Waals surface area contributed by atoms with Crippen LogP contribution in [0.3, 0.4) is 0 Å². The SMILES string of the molecule is O=C(O)N1CCC(C[C@H](Nc2nc3ccc(Cl)cc3o2)C2CC2)CC1. The van der Waals surface area contributed by atoms with Crippen LogP contribution in [0.15, 0.2) is 22.6 Å². The number of likely N-dealkylation sites (tertiary alicyclic amines) is 1. The van der Waals surface area contributed by atoms with Crippen LogP contribution >= 0.6 is 11.6 Å². The number of oxazole rings is 1. The molecule has 0 bridgehead atoms. The third kappa shape index (κ3) is 3.84. The lowest BCUT2D eigenvalue weighted by atomic mass is 9.89. The second-order valence-corrected chi connectivity index (χ2v) is 7.60. The van der Waals surface area contributed by atoms with Gasteiger partial charge in [0.05, 0.1) is 0 Å². The van der Waals surface area contributed by atoms with Gasteiger partial charge in [0.1, 0.15) is 5.52 Å². The molecule has 1 aliphatic heterocycles. The number of amides is 1. The standard InChI is InChI=1S/C18H22ClN3O3/c19-13-3-4-14-16(10-13)25-17(20-14)21-15(12-1-2-12)9-11-5-7-22(8-6-11)18(23)24/h3-4,10-12,15H,1-2,5-9H2,(H,20,21)(H,23,24)/t15-/m0/s1. The first-order valence-corrected chi connectivity index (χ1v) is 9.27. The first-order valence-electron chi connectivity index (χ1n) is 8.89. The fourth-order valence-corrected chi connectivity index (χ4v) is 3.87. The molecule has 2 heterocycles. The van der Waals surface area contributed by atoms with Gasteiger partial charge in [-0.15, -0.1) is 0 Å². The maximum atomic E-state index is 11.0. The second kappa shape index (κ2) is 6.75. The Kier molecular flexibility index (Phi) is 4.46. The number of piperidine rings is 1. The molecule has 1 atom stereocenters. The average Bonchev–Trinajstić information content (AvgIpc) is 3.36. The lowest BCUT2D eigenvalue weighted by Gasteiger charge is -2.32. The molecule has 7 heteroatoms. The summed E-state index contributed by atoms with van der Waals surface area (Å²) in [7, 11) is 0. The topological polar surface area (TPSA) is 78.6 Å². The van der Waals surface area contributed by atoms with Crippen molar-refractivity contribution in [3.05, 3.63) is 23.2 Å². The van der Waals surface area contributed by atoms with E-state index in [0.29, 0.717) is 47.6 Å². The van der Waals surface area contributed by atoms with Gasteiger partial charge in [0.15, 0.2) is 5.58 Å². The molecule has 0 spiro atoms. The highest BCUT2D eigenvalue weighted by Gasteiger charge is 2.35. The molecule has 2 aliphatic rings. The highest BCUT2D eigenvalue weighted by Crippen LogP contribution is 2.38. The Bertz CT molecular complexity index is 766. The van der Waals surface area contributed by atoms with Crippen molar-refractivity contribution >= 4 is 34.8 Å². The molecule has 1 saturated heterocycles. The predicted octanol–water partition coefficient (Wildman–Crippen LogP) is 4.45. The molecule has 6 nitrogen and oxygen atoms in total. The van der Waals surface area contributed by atoms with Gasteiger partial charge in [-0.3, -0.25) is 0 Å². The summed E-state index contributed by atoms with van der Waals surface area (Å²) >= 11 is 6.00. The minimum atomic E-state index is -0.805. The molecule has 0 radical (unpaired) electrons. The summed E-state index contributed by atoms with van der Waals surface area (Å²) in [6.45, 7) is 1.28. The lowest BCUT2D eigenvalue weighted by molar-refractivity contribution is 0.122. The van der Waals surface area contributed by atoms with Crippen molar-refractivity contribution in [2.75, 3.05) is 18.4 Å². The number of aromatic nitrogens is 1.